The molecule has 0 bridgehead atoms. The standard InChI is InChI=1S/C20H15O2.C5H5.Fe/c21-19(16-9-2-1-3-10-16)14-13-17-11-6-12-18(20(17)22)15-7-4-5-8-15;1-2-4-5-3-1;/h1-14,22H;1-5H;/q-1;-5;. The maximum absolute atomic E-state index is 12.1. The first-order valence-corrected chi connectivity index (χ1v) is 8.74. The number of benzene rings is 2. The zero-order chi connectivity index (χ0) is 18.9. The van der Waals surface area contributed by atoms with E-state index in [2.05, 4.69) is 0 Å². The second kappa shape index (κ2) is 10.9. The van der Waals surface area contributed by atoms with Crippen LogP contribution in [0.2, 0.25) is 0 Å². The van der Waals surface area contributed by atoms with Crippen molar-refractivity contribution in [3.05, 3.63) is 120 Å². The Morgan fingerprint density at radius 2 is 1.43 bits per heavy atom. The summed E-state index contributed by atoms with van der Waals surface area (Å²) >= 11 is 0. The summed E-state index contributed by atoms with van der Waals surface area (Å²) in [4.78, 5) is 12.1. The van der Waals surface area contributed by atoms with Gasteiger partial charge in [0, 0.05) is 22.6 Å². The molecular weight excluding hydrogens is 388 g/mol. The largest absolute Gasteiger partial charge is 0.748 e. The van der Waals surface area contributed by atoms with Crippen LogP contribution in [-0.2, 0) is 17.1 Å². The summed E-state index contributed by atoms with van der Waals surface area (Å²) in [6.07, 6.45) is 3.14. The molecular formula is C25H20FeO2-6. The molecule has 1 N–H and O–H groups in total. The minimum atomic E-state index is -0.0845. The number of carbonyl (C=O) groups is 1. The van der Waals surface area contributed by atoms with Crippen molar-refractivity contribution in [2.75, 3.05) is 0 Å². The van der Waals surface area contributed by atoms with E-state index >= 15 is 0 Å². The van der Waals surface area contributed by atoms with Crippen molar-refractivity contribution in [2.24, 2.45) is 0 Å². The number of para-hydroxylation sites is 1. The minimum absolute atomic E-state index is 0. The number of hydrogen-bond donors (Lipinski definition) is 1. The van der Waals surface area contributed by atoms with E-state index in [1.54, 1.807) is 24.3 Å². The fraction of sp³-hybridized carbons (Fsp3) is 0. The Bertz CT molecular complexity index is 965. The Labute approximate surface area is 176 Å². The van der Waals surface area contributed by atoms with Crippen molar-refractivity contribution in [3.63, 3.8) is 0 Å². The van der Waals surface area contributed by atoms with E-state index in [1.165, 1.54) is 6.08 Å². The molecule has 4 aromatic rings. The van der Waals surface area contributed by atoms with Crippen LogP contribution < -0.4 is 0 Å². The molecule has 0 saturated heterocycles. The second-order valence-corrected chi connectivity index (χ2v) is 5.94. The van der Waals surface area contributed by atoms with Gasteiger partial charge >= 0.3 is 0 Å². The van der Waals surface area contributed by atoms with Gasteiger partial charge in [0.2, 0.25) is 0 Å². The third-order valence-corrected chi connectivity index (χ3v) is 4.07. The summed E-state index contributed by atoms with van der Waals surface area (Å²) < 4.78 is 0. The van der Waals surface area contributed by atoms with Crippen molar-refractivity contribution in [2.45, 2.75) is 0 Å². The summed E-state index contributed by atoms with van der Waals surface area (Å²) in [5.41, 5.74) is 2.98. The molecule has 0 aliphatic heterocycles. The van der Waals surface area contributed by atoms with Crippen LogP contribution in [0.4, 0.5) is 0 Å². The number of ketones is 1. The number of allylic oxidation sites excluding steroid dienone is 1. The van der Waals surface area contributed by atoms with Gasteiger partial charge in [-0.25, -0.2) is 0 Å². The normalized spacial score (nSPS) is 10.0. The number of hydrogen-bond acceptors (Lipinski definition) is 2. The number of rotatable bonds is 4. The van der Waals surface area contributed by atoms with Gasteiger partial charge in [-0.2, -0.15) is 12.1 Å². The van der Waals surface area contributed by atoms with Crippen LogP contribution in [0.25, 0.3) is 17.2 Å². The fourth-order valence-corrected chi connectivity index (χ4v) is 2.67. The van der Waals surface area contributed by atoms with Crippen molar-refractivity contribution in [3.8, 4) is 16.9 Å². The molecule has 28 heavy (non-hydrogen) atoms. The first-order chi connectivity index (χ1) is 13.3. The molecule has 0 atom stereocenters. The SMILES string of the molecule is O=C(C=Cc1cccc(-[c-]2cccc2)c1O)c1ccccc1.[Fe].[cH-]1[cH-][cH-][cH-][cH-]1. The van der Waals surface area contributed by atoms with E-state index in [0.29, 0.717) is 11.1 Å². The number of phenolic OH excluding ortho intramolecular Hbond substituents is 1. The van der Waals surface area contributed by atoms with Gasteiger partial charge in [-0.05, 0) is 11.6 Å². The Hall–Kier alpha value is -3.13. The van der Waals surface area contributed by atoms with Crippen LogP contribution in [0.3, 0.4) is 0 Å². The molecule has 0 radical (unpaired) electrons. The van der Waals surface area contributed by atoms with Crippen LogP contribution in [0.1, 0.15) is 15.9 Å². The van der Waals surface area contributed by atoms with Gasteiger partial charge in [-0.3, -0.25) is 4.79 Å². The summed E-state index contributed by atoms with van der Waals surface area (Å²) in [6.45, 7) is 0. The van der Waals surface area contributed by atoms with E-state index in [9.17, 15) is 9.90 Å². The predicted molar refractivity (Wildman–Crippen MR) is 111 cm³/mol. The molecule has 4 rings (SSSR count). The molecule has 0 aliphatic rings. The van der Waals surface area contributed by atoms with Gasteiger partial charge in [-0.15, -0.1) is 18.2 Å². The van der Waals surface area contributed by atoms with Crippen LogP contribution in [-0.4, -0.2) is 10.9 Å². The Morgan fingerprint density at radius 3 is 2.04 bits per heavy atom. The van der Waals surface area contributed by atoms with Crippen molar-refractivity contribution in [1.82, 2.24) is 0 Å². The minimum Gasteiger partial charge on any atom is -0.748 e. The molecule has 0 aliphatic carbocycles. The fourth-order valence-electron chi connectivity index (χ4n) is 2.67. The summed E-state index contributed by atoms with van der Waals surface area (Å²) in [7, 11) is 0. The molecule has 2 nitrogen and oxygen atoms in total. The molecule has 0 unspecified atom stereocenters. The molecule has 3 heteroatoms. The molecule has 0 spiro atoms. The summed E-state index contributed by atoms with van der Waals surface area (Å²) in [5, 5.41) is 10.4. The first-order valence-electron chi connectivity index (χ1n) is 8.74. The number of phenols is 1. The number of carbonyl (C=O) groups excluding carboxylic acids is 1. The zero-order valence-electron chi connectivity index (χ0n) is 15.2. The Kier molecular flexibility index (Phi) is 8.23. The van der Waals surface area contributed by atoms with Gasteiger partial charge < -0.3 is 35.4 Å². The molecule has 0 aromatic heterocycles. The third kappa shape index (κ3) is 5.68. The molecule has 0 amide bonds. The monoisotopic (exact) mass is 408 g/mol. The van der Waals surface area contributed by atoms with E-state index < -0.39 is 0 Å². The molecule has 0 fully saturated rings. The summed E-state index contributed by atoms with van der Waals surface area (Å²) in [5.74, 6) is 0.101. The van der Waals surface area contributed by atoms with E-state index in [1.807, 2.05) is 84.9 Å². The Balaban J connectivity index is 0.000000408. The first kappa shape index (κ1) is 21.2. The molecule has 4 aromatic carbocycles. The van der Waals surface area contributed by atoms with Gasteiger partial charge in [0.25, 0.3) is 0 Å². The quantitative estimate of drug-likeness (QED) is 0.192. The third-order valence-electron chi connectivity index (χ3n) is 4.07. The van der Waals surface area contributed by atoms with Gasteiger partial charge in [0.15, 0.2) is 5.78 Å². The maximum Gasteiger partial charge on any atom is 0.185 e. The average molecular weight is 408 g/mol. The average Bonchev–Trinajstić information content (AvgIpc) is 3.44. The molecule has 0 saturated carbocycles. The van der Waals surface area contributed by atoms with E-state index in [-0.39, 0.29) is 28.6 Å². The Morgan fingerprint density at radius 1 is 0.821 bits per heavy atom. The van der Waals surface area contributed by atoms with Crippen molar-refractivity contribution >= 4 is 11.9 Å². The molecule has 0 heterocycles. The second-order valence-electron chi connectivity index (χ2n) is 5.94. The zero-order valence-corrected chi connectivity index (χ0v) is 16.3. The van der Waals surface area contributed by atoms with Crippen molar-refractivity contribution < 1.29 is 27.0 Å². The van der Waals surface area contributed by atoms with E-state index in [4.69, 9.17) is 0 Å². The number of aromatic hydroxyl groups is 1. The van der Waals surface area contributed by atoms with Crippen LogP contribution in [0, 0.1) is 0 Å². The van der Waals surface area contributed by atoms with Gasteiger partial charge in [0.05, 0.1) is 5.75 Å². The smallest absolute Gasteiger partial charge is 0.185 e. The van der Waals surface area contributed by atoms with Gasteiger partial charge in [-0.1, -0.05) is 59.7 Å². The molecule has 146 valence electrons. The van der Waals surface area contributed by atoms with Crippen LogP contribution in [0.15, 0.2) is 109 Å². The summed E-state index contributed by atoms with van der Waals surface area (Å²) in [6, 6.07) is 32.3. The van der Waals surface area contributed by atoms with Crippen molar-refractivity contribution in [1.29, 1.82) is 0 Å². The van der Waals surface area contributed by atoms with Crippen LogP contribution >= 0.6 is 0 Å². The topological polar surface area (TPSA) is 37.3 Å². The van der Waals surface area contributed by atoms with Gasteiger partial charge in [0.1, 0.15) is 0 Å². The maximum atomic E-state index is 12.1. The van der Waals surface area contributed by atoms with E-state index in [0.717, 1.165) is 11.1 Å². The predicted octanol–water partition coefficient (Wildman–Crippen LogP) is 6.08. The van der Waals surface area contributed by atoms with Crippen LogP contribution in [0.5, 0.6) is 5.75 Å².